The number of ether oxygens (including phenoxy) is 2. The van der Waals surface area contributed by atoms with Gasteiger partial charge in [-0.1, -0.05) is 39.3 Å². The van der Waals surface area contributed by atoms with Gasteiger partial charge in [-0.25, -0.2) is 4.79 Å². The molecule has 4 nitrogen and oxygen atoms in total. The van der Waals surface area contributed by atoms with E-state index in [1.54, 1.807) is 12.1 Å². The fraction of sp³-hybridized carbons (Fsp3) is 0.632. The molecular weight excluding hydrogens is 290 g/mol. The summed E-state index contributed by atoms with van der Waals surface area (Å²) >= 11 is 0. The van der Waals surface area contributed by atoms with E-state index < -0.39 is 6.10 Å². The summed E-state index contributed by atoms with van der Waals surface area (Å²) in [6.07, 6.45) is 2.52. The minimum Gasteiger partial charge on any atom is -0.460 e. The first-order valence-corrected chi connectivity index (χ1v) is 8.51. The molecule has 0 bridgehead atoms. The molecule has 0 heterocycles. The van der Waals surface area contributed by atoms with E-state index in [0.29, 0.717) is 23.4 Å². The van der Waals surface area contributed by atoms with E-state index in [-0.39, 0.29) is 12.1 Å². The van der Waals surface area contributed by atoms with Gasteiger partial charge >= 0.3 is 5.97 Å². The van der Waals surface area contributed by atoms with Gasteiger partial charge in [0.1, 0.15) is 6.10 Å². The first-order chi connectivity index (χ1) is 10.9. The van der Waals surface area contributed by atoms with Gasteiger partial charge in [0, 0.05) is 12.8 Å². The molecule has 0 spiro atoms. The third-order valence-electron chi connectivity index (χ3n) is 4.89. The zero-order valence-corrected chi connectivity index (χ0v) is 14.6. The average Bonchev–Trinajstić information content (AvgIpc) is 2.47. The second kappa shape index (κ2) is 7.82. The molecule has 4 atom stereocenters. The normalized spacial score (nSPS) is 26.0. The lowest BCUT2D eigenvalue weighted by molar-refractivity contribution is -0.168. The van der Waals surface area contributed by atoms with Crippen molar-refractivity contribution in [3.05, 3.63) is 29.8 Å². The van der Waals surface area contributed by atoms with Crippen LogP contribution in [-0.2, 0) is 14.3 Å². The van der Waals surface area contributed by atoms with Crippen LogP contribution in [0.25, 0.3) is 0 Å². The van der Waals surface area contributed by atoms with Gasteiger partial charge in [0.05, 0.1) is 0 Å². The molecule has 0 saturated heterocycles. The van der Waals surface area contributed by atoms with E-state index in [1.807, 2.05) is 12.1 Å². The number of hydrogen-bond donors (Lipinski definition) is 1. The van der Waals surface area contributed by atoms with Crippen LogP contribution in [0.3, 0.4) is 0 Å². The van der Waals surface area contributed by atoms with Gasteiger partial charge in [-0.15, -0.1) is 0 Å². The van der Waals surface area contributed by atoms with Crippen LogP contribution in [0, 0.1) is 17.8 Å². The topological polar surface area (TPSA) is 61.5 Å². The Labute approximate surface area is 139 Å². The number of nitrogens with two attached hydrogens (primary N) is 1. The number of anilines is 1. The van der Waals surface area contributed by atoms with Gasteiger partial charge in [0.2, 0.25) is 0 Å². The quantitative estimate of drug-likeness (QED) is 0.659. The number of carbonyl (C=O) groups excluding carboxylic acids is 1. The van der Waals surface area contributed by atoms with Crippen LogP contribution in [-0.4, -0.2) is 19.2 Å². The fourth-order valence-corrected chi connectivity index (χ4v) is 3.55. The molecule has 128 valence electrons. The number of benzene rings is 1. The molecule has 0 aromatic heterocycles. The van der Waals surface area contributed by atoms with Crippen molar-refractivity contribution in [2.75, 3.05) is 12.8 Å². The van der Waals surface area contributed by atoms with Crippen LogP contribution in [0.2, 0.25) is 0 Å². The molecule has 1 aliphatic carbocycles. The molecule has 1 aromatic carbocycles. The van der Waals surface area contributed by atoms with Gasteiger partial charge in [0.15, 0.2) is 6.10 Å². The second-order valence-electron chi connectivity index (χ2n) is 7.09. The maximum Gasteiger partial charge on any atom is 0.340 e. The highest BCUT2D eigenvalue weighted by atomic mass is 16.6. The molecule has 1 aromatic rings. The second-order valence-corrected chi connectivity index (χ2v) is 7.09. The van der Waals surface area contributed by atoms with Crippen molar-refractivity contribution in [3.8, 4) is 0 Å². The number of methoxy groups -OCH3 is 1. The van der Waals surface area contributed by atoms with Crippen LogP contribution in [0.4, 0.5) is 5.69 Å². The van der Waals surface area contributed by atoms with Gasteiger partial charge < -0.3 is 15.2 Å². The number of nitrogen functional groups attached to an aromatic ring is 1. The first-order valence-electron chi connectivity index (χ1n) is 8.51. The lowest BCUT2D eigenvalue weighted by Crippen LogP contribution is -2.37. The third-order valence-corrected chi connectivity index (χ3v) is 4.89. The first kappa shape index (κ1) is 17.8. The molecule has 4 heteroatoms. The number of carbonyl (C=O) groups is 1. The summed E-state index contributed by atoms with van der Waals surface area (Å²) in [5.74, 6) is 1.21. The van der Waals surface area contributed by atoms with Gasteiger partial charge in [0.25, 0.3) is 0 Å². The third kappa shape index (κ3) is 4.47. The minimum atomic E-state index is -0.719. The maximum absolute atomic E-state index is 12.6. The van der Waals surface area contributed by atoms with E-state index in [9.17, 15) is 4.79 Å². The van der Waals surface area contributed by atoms with Gasteiger partial charge in [-0.05, 0) is 48.3 Å². The van der Waals surface area contributed by atoms with Crippen molar-refractivity contribution in [2.24, 2.45) is 17.8 Å². The Balaban J connectivity index is 2.11. The highest BCUT2D eigenvalue weighted by molar-refractivity contribution is 5.77. The molecule has 1 aliphatic rings. The molecule has 4 unspecified atom stereocenters. The molecular formula is C19H29NO3. The predicted molar refractivity (Wildman–Crippen MR) is 91.8 cm³/mol. The number of esters is 1. The molecule has 1 saturated carbocycles. The summed E-state index contributed by atoms with van der Waals surface area (Å²) in [7, 11) is 1.53. The van der Waals surface area contributed by atoms with Crippen molar-refractivity contribution < 1.29 is 14.3 Å². The Bertz CT molecular complexity index is 529. The average molecular weight is 319 g/mol. The van der Waals surface area contributed by atoms with Crippen molar-refractivity contribution >= 4 is 11.7 Å². The van der Waals surface area contributed by atoms with Gasteiger partial charge in [-0.2, -0.15) is 0 Å². The summed E-state index contributed by atoms with van der Waals surface area (Å²) < 4.78 is 11.3. The summed E-state index contributed by atoms with van der Waals surface area (Å²) in [6.45, 7) is 6.63. The van der Waals surface area contributed by atoms with Crippen LogP contribution >= 0.6 is 0 Å². The van der Waals surface area contributed by atoms with E-state index >= 15 is 0 Å². The van der Waals surface area contributed by atoms with E-state index in [0.717, 1.165) is 18.4 Å². The SMILES string of the molecule is COC(C(=O)OC1CC(C)CCC1C(C)C)c1cccc(N)c1. The Morgan fingerprint density at radius 2 is 2.04 bits per heavy atom. The standard InChI is InChI=1S/C19H29NO3/c1-12(2)16-9-8-13(3)10-17(16)23-19(21)18(22-4)14-6-5-7-15(20)11-14/h5-7,11-13,16-18H,8-10,20H2,1-4H3. The summed E-state index contributed by atoms with van der Waals surface area (Å²) in [6, 6.07) is 7.22. The highest BCUT2D eigenvalue weighted by Gasteiger charge is 2.35. The Morgan fingerprint density at radius 1 is 1.30 bits per heavy atom. The summed E-state index contributed by atoms with van der Waals surface area (Å²) in [5, 5.41) is 0. The molecule has 0 amide bonds. The molecule has 1 fully saturated rings. The van der Waals surface area contributed by atoms with E-state index in [1.165, 1.54) is 13.5 Å². The molecule has 2 rings (SSSR count). The van der Waals surface area contributed by atoms with E-state index in [2.05, 4.69) is 20.8 Å². The maximum atomic E-state index is 12.6. The smallest absolute Gasteiger partial charge is 0.340 e. The monoisotopic (exact) mass is 319 g/mol. The van der Waals surface area contributed by atoms with Crippen LogP contribution in [0.5, 0.6) is 0 Å². The van der Waals surface area contributed by atoms with Crippen LogP contribution in [0.1, 0.15) is 51.7 Å². The predicted octanol–water partition coefficient (Wildman–Crippen LogP) is 3.96. The molecule has 0 aliphatic heterocycles. The van der Waals surface area contributed by atoms with E-state index in [4.69, 9.17) is 15.2 Å². The zero-order valence-electron chi connectivity index (χ0n) is 14.6. The molecule has 0 radical (unpaired) electrons. The van der Waals surface area contributed by atoms with Crippen LogP contribution in [0.15, 0.2) is 24.3 Å². The number of rotatable bonds is 5. The summed E-state index contributed by atoms with van der Waals surface area (Å²) in [5.41, 5.74) is 7.16. The Kier molecular flexibility index (Phi) is 6.05. The van der Waals surface area contributed by atoms with Crippen LogP contribution < -0.4 is 5.73 Å². The Morgan fingerprint density at radius 3 is 2.65 bits per heavy atom. The van der Waals surface area contributed by atoms with Gasteiger partial charge in [-0.3, -0.25) is 0 Å². The largest absolute Gasteiger partial charge is 0.460 e. The summed E-state index contributed by atoms with van der Waals surface area (Å²) in [4.78, 5) is 12.6. The fourth-order valence-electron chi connectivity index (χ4n) is 3.55. The lowest BCUT2D eigenvalue weighted by atomic mass is 9.75. The van der Waals surface area contributed by atoms with Crippen molar-refractivity contribution in [2.45, 2.75) is 52.2 Å². The zero-order chi connectivity index (χ0) is 17.0. The van der Waals surface area contributed by atoms with Crippen molar-refractivity contribution in [1.82, 2.24) is 0 Å². The van der Waals surface area contributed by atoms with Crippen molar-refractivity contribution in [1.29, 1.82) is 0 Å². The minimum absolute atomic E-state index is 0.0232. The lowest BCUT2D eigenvalue weighted by Gasteiger charge is -2.37. The molecule has 23 heavy (non-hydrogen) atoms. The molecule has 2 N–H and O–H groups in total. The number of hydrogen-bond acceptors (Lipinski definition) is 4. The Hall–Kier alpha value is -1.55. The highest BCUT2D eigenvalue weighted by Crippen LogP contribution is 2.36. The van der Waals surface area contributed by atoms with Crippen molar-refractivity contribution in [3.63, 3.8) is 0 Å².